The summed E-state index contributed by atoms with van der Waals surface area (Å²) in [6.45, 7) is 0.490. The molecular formula is C22H22NO4S4+. The second-order valence-electron chi connectivity index (χ2n) is 6.93. The van der Waals surface area contributed by atoms with Gasteiger partial charge in [0.15, 0.2) is 6.54 Å². The van der Waals surface area contributed by atoms with Crippen LogP contribution >= 0.6 is 34.4 Å². The van der Waals surface area contributed by atoms with Gasteiger partial charge in [-0.2, -0.15) is 13.0 Å². The van der Waals surface area contributed by atoms with E-state index in [0.29, 0.717) is 13.0 Å². The van der Waals surface area contributed by atoms with Gasteiger partial charge in [-0.1, -0.05) is 23.5 Å². The Labute approximate surface area is 193 Å². The van der Waals surface area contributed by atoms with Crippen LogP contribution < -0.4 is 9.30 Å². The highest BCUT2D eigenvalue weighted by molar-refractivity contribution is 7.98. The summed E-state index contributed by atoms with van der Waals surface area (Å²) in [6, 6.07) is 12.4. The van der Waals surface area contributed by atoms with Gasteiger partial charge in [-0.15, -0.1) is 23.1 Å². The highest BCUT2D eigenvalue weighted by Crippen LogP contribution is 2.38. The molecule has 9 heteroatoms. The molecule has 0 radical (unpaired) electrons. The normalized spacial score (nSPS) is 12.4. The van der Waals surface area contributed by atoms with Crippen LogP contribution in [0.4, 0.5) is 0 Å². The highest BCUT2D eigenvalue weighted by atomic mass is 32.2. The minimum Gasteiger partial charge on any atom is -0.496 e. The third kappa shape index (κ3) is 4.96. The van der Waals surface area contributed by atoms with Gasteiger partial charge in [-0.05, 0) is 41.5 Å². The van der Waals surface area contributed by atoms with E-state index in [0.717, 1.165) is 36.6 Å². The predicted octanol–water partition coefficient (Wildman–Crippen LogP) is 5.58. The van der Waals surface area contributed by atoms with E-state index in [1.807, 2.05) is 17.5 Å². The van der Waals surface area contributed by atoms with Gasteiger partial charge in [0.1, 0.15) is 15.1 Å². The van der Waals surface area contributed by atoms with Crippen molar-refractivity contribution in [1.82, 2.24) is 0 Å². The number of thiazole rings is 1. The Balaban J connectivity index is 1.80. The standard InChI is InChI=1S/C22H21NO4S4/c1-27-18-14-19-21(22-17(18)10-12-29-22)23(11-3-13-31(24,25)26)20(30-19)9-6-15-4-7-16(28-2)8-5-15/h4-10,12,14H,3,11,13H2,1-2H3/p+1/b9-6+. The maximum absolute atomic E-state index is 11.2. The first-order valence-corrected chi connectivity index (χ1v) is 14.1. The summed E-state index contributed by atoms with van der Waals surface area (Å²) in [4.78, 5) is 1.21. The molecule has 0 amide bonds. The minimum atomic E-state index is -4.00. The van der Waals surface area contributed by atoms with Crippen LogP contribution in [0.15, 0.2) is 46.7 Å². The van der Waals surface area contributed by atoms with Gasteiger partial charge in [-0.3, -0.25) is 4.55 Å². The van der Waals surface area contributed by atoms with Crippen molar-refractivity contribution in [1.29, 1.82) is 0 Å². The van der Waals surface area contributed by atoms with E-state index in [-0.39, 0.29) is 5.75 Å². The summed E-state index contributed by atoms with van der Waals surface area (Å²) < 4.78 is 41.6. The van der Waals surface area contributed by atoms with E-state index < -0.39 is 10.1 Å². The number of nitrogens with zero attached hydrogens (tertiary/aromatic N) is 1. The summed E-state index contributed by atoms with van der Waals surface area (Å²) in [7, 11) is -2.32. The summed E-state index contributed by atoms with van der Waals surface area (Å²) >= 11 is 4.99. The second kappa shape index (κ2) is 9.30. The van der Waals surface area contributed by atoms with Crippen LogP contribution in [-0.4, -0.2) is 32.1 Å². The fourth-order valence-electron chi connectivity index (χ4n) is 3.48. The Morgan fingerprint density at radius 1 is 1.19 bits per heavy atom. The minimum absolute atomic E-state index is 0.264. The number of hydrogen-bond donors (Lipinski definition) is 1. The molecule has 4 aromatic rings. The summed E-state index contributed by atoms with van der Waals surface area (Å²) in [5, 5.41) is 4.10. The first-order valence-electron chi connectivity index (χ1n) is 9.57. The number of thiophene rings is 1. The Morgan fingerprint density at radius 3 is 2.65 bits per heavy atom. The number of benzene rings is 2. The molecule has 0 saturated carbocycles. The van der Waals surface area contributed by atoms with Crippen LogP contribution in [0.1, 0.15) is 17.0 Å². The monoisotopic (exact) mass is 492 g/mol. The van der Waals surface area contributed by atoms with Gasteiger partial charge >= 0.3 is 0 Å². The third-order valence-corrected chi connectivity index (χ3v) is 8.50. The van der Waals surface area contributed by atoms with Gasteiger partial charge in [0, 0.05) is 28.8 Å². The van der Waals surface area contributed by atoms with Crippen molar-refractivity contribution in [3.05, 3.63) is 52.3 Å². The molecule has 162 valence electrons. The van der Waals surface area contributed by atoms with E-state index in [2.05, 4.69) is 47.2 Å². The number of methoxy groups -OCH3 is 1. The first-order chi connectivity index (χ1) is 14.9. The molecule has 0 unspecified atom stereocenters. The molecule has 0 saturated heterocycles. The first kappa shape index (κ1) is 22.3. The van der Waals surface area contributed by atoms with Crippen LogP contribution in [0, 0.1) is 0 Å². The molecule has 2 aromatic carbocycles. The molecule has 2 aromatic heterocycles. The average Bonchev–Trinajstić information content (AvgIpc) is 3.36. The van der Waals surface area contributed by atoms with Crippen molar-refractivity contribution in [3.63, 3.8) is 0 Å². The van der Waals surface area contributed by atoms with Gasteiger partial charge in [0.05, 0.1) is 12.9 Å². The summed E-state index contributed by atoms with van der Waals surface area (Å²) in [5.41, 5.74) is 2.17. The van der Waals surface area contributed by atoms with Gasteiger partial charge in [0.25, 0.3) is 15.1 Å². The Kier molecular flexibility index (Phi) is 6.68. The van der Waals surface area contributed by atoms with Crippen LogP contribution in [0.2, 0.25) is 0 Å². The maximum atomic E-state index is 11.2. The average molecular weight is 493 g/mol. The third-order valence-electron chi connectivity index (χ3n) is 4.93. The topological polar surface area (TPSA) is 67.5 Å². The molecule has 1 N–H and O–H groups in total. The van der Waals surface area contributed by atoms with Crippen molar-refractivity contribution >= 4 is 77.0 Å². The molecule has 31 heavy (non-hydrogen) atoms. The number of aromatic nitrogens is 1. The maximum Gasteiger partial charge on any atom is 0.265 e. The summed E-state index contributed by atoms with van der Waals surface area (Å²) in [5.74, 6) is 0.568. The molecule has 4 rings (SSSR count). The fraction of sp³-hybridized carbons (Fsp3) is 0.227. The summed E-state index contributed by atoms with van der Waals surface area (Å²) in [6.07, 6.45) is 6.52. The van der Waals surface area contributed by atoms with Crippen molar-refractivity contribution in [2.45, 2.75) is 17.9 Å². The zero-order valence-corrected chi connectivity index (χ0v) is 20.3. The Bertz CT molecular complexity index is 1350. The van der Waals surface area contributed by atoms with Gasteiger partial charge in [0.2, 0.25) is 5.52 Å². The predicted molar refractivity (Wildman–Crippen MR) is 132 cm³/mol. The van der Waals surface area contributed by atoms with Crippen LogP contribution in [0.3, 0.4) is 0 Å². The van der Waals surface area contributed by atoms with Gasteiger partial charge < -0.3 is 4.74 Å². The van der Waals surface area contributed by atoms with Crippen molar-refractivity contribution in [2.75, 3.05) is 19.1 Å². The zero-order chi connectivity index (χ0) is 22.0. The zero-order valence-electron chi connectivity index (χ0n) is 17.1. The molecule has 0 aliphatic rings. The van der Waals surface area contributed by atoms with E-state index in [4.69, 9.17) is 9.29 Å². The van der Waals surface area contributed by atoms with Gasteiger partial charge in [-0.25, -0.2) is 0 Å². The fourth-order valence-corrected chi connectivity index (χ4v) is 6.54. The Hall–Kier alpha value is -1.91. The van der Waals surface area contributed by atoms with E-state index >= 15 is 0 Å². The van der Waals surface area contributed by atoms with E-state index in [1.54, 1.807) is 41.5 Å². The Morgan fingerprint density at radius 2 is 1.97 bits per heavy atom. The number of ether oxygens (including phenoxy) is 1. The number of fused-ring (bicyclic) bond motifs is 3. The lowest BCUT2D eigenvalue weighted by atomic mass is 10.2. The molecule has 0 aliphatic heterocycles. The smallest absolute Gasteiger partial charge is 0.265 e. The van der Waals surface area contributed by atoms with Crippen LogP contribution in [-0.2, 0) is 16.7 Å². The molecular weight excluding hydrogens is 471 g/mol. The molecule has 0 spiro atoms. The second-order valence-corrected chi connectivity index (χ2v) is 11.4. The quantitative estimate of drug-likeness (QED) is 0.197. The van der Waals surface area contributed by atoms with Crippen molar-refractivity contribution in [3.8, 4) is 5.75 Å². The van der Waals surface area contributed by atoms with Crippen LogP contribution in [0.25, 0.3) is 32.5 Å². The molecule has 5 nitrogen and oxygen atoms in total. The van der Waals surface area contributed by atoms with Crippen LogP contribution in [0.5, 0.6) is 5.75 Å². The number of thioether (sulfide) groups is 1. The van der Waals surface area contributed by atoms with Crippen molar-refractivity contribution < 1.29 is 22.3 Å². The highest BCUT2D eigenvalue weighted by Gasteiger charge is 2.24. The molecule has 2 heterocycles. The SMILES string of the molecule is COc1cc2sc(/C=C/c3ccc(SC)cc3)[n+](CCCS(=O)(=O)O)c2c2sccc12. The lowest BCUT2D eigenvalue weighted by Crippen LogP contribution is -2.36. The lowest BCUT2D eigenvalue weighted by Gasteiger charge is -2.02. The lowest BCUT2D eigenvalue weighted by molar-refractivity contribution is -0.667. The molecule has 0 atom stereocenters. The molecule has 0 fully saturated rings. The van der Waals surface area contributed by atoms with E-state index in [9.17, 15) is 8.42 Å². The largest absolute Gasteiger partial charge is 0.496 e. The molecule has 0 bridgehead atoms. The number of hydrogen-bond acceptors (Lipinski definition) is 6. The number of aryl methyl sites for hydroxylation is 1. The number of rotatable bonds is 8. The molecule has 0 aliphatic carbocycles. The van der Waals surface area contributed by atoms with E-state index in [1.165, 1.54) is 4.90 Å². The van der Waals surface area contributed by atoms with Crippen molar-refractivity contribution in [2.24, 2.45) is 0 Å².